The molecule has 0 unspecified atom stereocenters. The molecule has 0 saturated heterocycles. The fraction of sp³-hybridized carbons (Fsp3) is 0.316. The summed E-state index contributed by atoms with van der Waals surface area (Å²) in [4.78, 5) is 30.2. The number of aryl methyl sites for hydroxylation is 1. The molecule has 1 N–H and O–H groups in total. The van der Waals surface area contributed by atoms with Gasteiger partial charge in [0.25, 0.3) is 10.0 Å². The molecule has 2 amide bonds. The Morgan fingerprint density at radius 2 is 1.43 bits per heavy atom. The van der Waals surface area contributed by atoms with Gasteiger partial charge in [0.1, 0.15) is 12.6 Å². The van der Waals surface area contributed by atoms with Crippen LogP contribution in [-0.2, 0) is 32.6 Å². The maximum Gasteiger partial charge on any atom is 0.264 e. The molecule has 0 fully saturated rings. The molecule has 9 heteroatoms. The van der Waals surface area contributed by atoms with Crippen LogP contribution in [0.3, 0.4) is 0 Å². The van der Waals surface area contributed by atoms with E-state index in [0.717, 1.165) is 21.0 Å². The number of amides is 2. The summed E-state index contributed by atoms with van der Waals surface area (Å²) in [6.45, 7) is 11.1. The molecular formula is C38H44ClN3O4S. The van der Waals surface area contributed by atoms with Crippen molar-refractivity contribution in [2.24, 2.45) is 0 Å². The fourth-order valence-corrected chi connectivity index (χ4v) is 6.82. The number of carbonyl (C=O) groups excluding carboxylic acids is 2. The van der Waals surface area contributed by atoms with Crippen molar-refractivity contribution in [2.45, 2.75) is 76.9 Å². The molecule has 4 rings (SSSR count). The molecular weight excluding hydrogens is 630 g/mol. The van der Waals surface area contributed by atoms with E-state index in [1.165, 1.54) is 4.90 Å². The molecule has 0 bridgehead atoms. The van der Waals surface area contributed by atoms with Crippen LogP contribution < -0.4 is 9.62 Å². The number of rotatable bonds is 12. The van der Waals surface area contributed by atoms with Gasteiger partial charge in [-0.3, -0.25) is 13.9 Å². The molecule has 4 aromatic carbocycles. The second kappa shape index (κ2) is 15.2. The van der Waals surface area contributed by atoms with Gasteiger partial charge in [-0.15, -0.1) is 0 Å². The van der Waals surface area contributed by atoms with Gasteiger partial charge in [0.15, 0.2) is 0 Å². The predicted molar refractivity (Wildman–Crippen MR) is 190 cm³/mol. The summed E-state index contributed by atoms with van der Waals surface area (Å²) in [5.74, 6) is -0.659. The smallest absolute Gasteiger partial charge is 0.264 e. The zero-order valence-electron chi connectivity index (χ0n) is 27.9. The summed E-state index contributed by atoms with van der Waals surface area (Å²) in [6, 6.07) is 29.4. The number of hydrogen-bond donors (Lipinski definition) is 1. The normalized spacial score (nSPS) is 12.4. The highest BCUT2D eigenvalue weighted by atomic mass is 35.5. The molecule has 0 aliphatic rings. The Kier molecular flexibility index (Phi) is 11.5. The lowest BCUT2D eigenvalue weighted by Crippen LogP contribution is -2.56. The van der Waals surface area contributed by atoms with Crippen LogP contribution in [0.4, 0.5) is 5.69 Å². The highest BCUT2D eigenvalue weighted by Crippen LogP contribution is 2.28. The van der Waals surface area contributed by atoms with Crippen LogP contribution in [0.15, 0.2) is 108 Å². The minimum Gasteiger partial charge on any atom is -0.350 e. The van der Waals surface area contributed by atoms with E-state index < -0.39 is 34.1 Å². The van der Waals surface area contributed by atoms with Crippen LogP contribution in [0.25, 0.3) is 0 Å². The molecule has 0 radical (unpaired) electrons. The average molecular weight is 674 g/mol. The molecule has 7 nitrogen and oxygen atoms in total. The van der Waals surface area contributed by atoms with E-state index in [0.29, 0.717) is 16.3 Å². The van der Waals surface area contributed by atoms with Crippen LogP contribution in [-0.4, -0.2) is 43.3 Å². The molecule has 4 aromatic rings. The van der Waals surface area contributed by atoms with E-state index in [4.69, 9.17) is 11.6 Å². The minimum atomic E-state index is -4.19. The number of halogens is 1. The minimum absolute atomic E-state index is 0.00171. The van der Waals surface area contributed by atoms with E-state index >= 15 is 0 Å². The Balaban J connectivity index is 1.83. The monoisotopic (exact) mass is 673 g/mol. The van der Waals surface area contributed by atoms with Crippen molar-refractivity contribution in [2.75, 3.05) is 10.8 Å². The van der Waals surface area contributed by atoms with Crippen molar-refractivity contribution in [3.63, 3.8) is 0 Å². The highest BCUT2D eigenvalue weighted by molar-refractivity contribution is 7.92. The quantitative estimate of drug-likeness (QED) is 0.169. The highest BCUT2D eigenvalue weighted by Gasteiger charge is 2.36. The lowest BCUT2D eigenvalue weighted by Gasteiger charge is -2.35. The Bertz CT molecular complexity index is 1770. The van der Waals surface area contributed by atoms with E-state index in [2.05, 4.69) is 19.2 Å². The SMILES string of the molecule is Cc1ccc(S(=O)(=O)N(CC(=O)N(Cc2ccccc2Cl)[C@H](Cc2ccccc2)C(=O)NC(C)(C)C)c2ccc(C(C)C)cc2)cc1. The van der Waals surface area contributed by atoms with Gasteiger partial charge < -0.3 is 10.2 Å². The first kappa shape index (κ1) is 35.7. The molecule has 0 heterocycles. The zero-order chi connectivity index (χ0) is 34.4. The summed E-state index contributed by atoms with van der Waals surface area (Å²) in [5, 5.41) is 3.48. The number of anilines is 1. The van der Waals surface area contributed by atoms with Gasteiger partial charge in [0, 0.05) is 23.5 Å². The zero-order valence-corrected chi connectivity index (χ0v) is 29.5. The van der Waals surface area contributed by atoms with Crippen molar-refractivity contribution in [1.29, 1.82) is 0 Å². The van der Waals surface area contributed by atoms with E-state index in [9.17, 15) is 18.0 Å². The third-order valence-corrected chi connectivity index (χ3v) is 9.96. The lowest BCUT2D eigenvalue weighted by atomic mass is 10.0. The number of nitrogens with zero attached hydrogens (tertiary/aromatic N) is 2. The summed E-state index contributed by atoms with van der Waals surface area (Å²) in [6.07, 6.45) is 0.215. The second-order valence-electron chi connectivity index (χ2n) is 13.1. The Labute approximate surface area is 284 Å². The third kappa shape index (κ3) is 9.46. The van der Waals surface area contributed by atoms with Crippen LogP contribution >= 0.6 is 11.6 Å². The second-order valence-corrected chi connectivity index (χ2v) is 15.4. The molecule has 47 heavy (non-hydrogen) atoms. The number of benzene rings is 4. The summed E-state index contributed by atoms with van der Waals surface area (Å²) in [7, 11) is -4.19. The third-order valence-electron chi connectivity index (χ3n) is 7.80. The van der Waals surface area contributed by atoms with Gasteiger partial charge in [-0.2, -0.15) is 0 Å². The molecule has 0 aliphatic carbocycles. The lowest BCUT2D eigenvalue weighted by molar-refractivity contribution is -0.140. The molecule has 0 aromatic heterocycles. The van der Waals surface area contributed by atoms with Crippen molar-refractivity contribution < 1.29 is 18.0 Å². The standard InChI is InChI=1S/C38H44ClN3O4S/c1-27(2)30-18-20-32(21-19-30)42(47(45,46)33-22-16-28(3)17-23-33)26-36(43)41(25-31-14-10-11-15-34(31)39)35(37(44)40-38(4,5)6)24-29-12-8-7-9-13-29/h7-23,27,35H,24-26H2,1-6H3,(H,40,44)/t35-/m1/s1. The molecule has 0 spiro atoms. The van der Waals surface area contributed by atoms with E-state index in [-0.39, 0.29) is 29.7 Å². The first-order valence-corrected chi connectivity index (χ1v) is 17.6. The van der Waals surface area contributed by atoms with Gasteiger partial charge in [0.05, 0.1) is 10.6 Å². The number of sulfonamides is 1. The van der Waals surface area contributed by atoms with Gasteiger partial charge in [-0.05, 0) is 80.6 Å². The van der Waals surface area contributed by atoms with Gasteiger partial charge in [0.2, 0.25) is 11.8 Å². The van der Waals surface area contributed by atoms with Crippen LogP contribution in [0.1, 0.15) is 62.8 Å². The van der Waals surface area contributed by atoms with Gasteiger partial charge >= 0.3 is 0 Å². The molecule has 248 valence electrons. The summed E-state index contributed by atoms with van der Waals surface area (Å²) in [5.41, 5.74) is 3.21. The summed E-state index contributed by atoms with van der Waals surface area (Å²) < 4.78 is 29.7. The van der Waals surface area contributed by atoms with Crippen molar-refractivity contribution in [1.82, 2.24) is 10.2 Å². The Morgan fingerprint density at radius 3 is 2.00 bits per heavy atom. The largest absolute Gasteiger partial charge is 0.350 e. The topological polar surface area (TPSA) is 86.8 Å². The number of hydrogen-bond acceptors (Lipinski definition) is 4. The predicted octanol–water partition coefficient (Wildman–Crippen LogP) is 7.52. The maximum absolute atomic E-state index is 14.6. The Hall–Kier alpha value is -4.14. The molecule has 0 saturated carbocycles. The summed E-state index contributed by atoms with van der Waals surface area (Å²) >= 11 is 6.59. The van der Waals surface area contributed by atoms with E-state index in [1.54, 1.807) is 54.6 Å². The van der Waals surface area contributed by atoms with E-state index in [1.807, 2.05) is 76.2 Å². The average Bonchev–Trinajstić information content (AvgIpc) is 3.02. The number of nitrogens with one attached hydrogen (secondary N) is 1. The van der Waals surface area contributed by atoms with Gasteiger partial charge in [-0.25, -0.2) is 8.42 Å². The molecule has 1 atom stereocenters. The van der Waals surface area contributed by atoms with Crippen LogP contribution in [0, 0.1) is 6.92 Å². The van der Waals surface area contributed by atoms with Crippen LogP contribution in [0.5, 0.6) is 0 Å². The fourth-order valence-electron chi connectivity index (χ4n) is 5.21. The molecule has 0 aliphatic heterocycles. The van der Waals surface area contributed by atoms with Crippen molar-refractivity contribution in [3.8, 4) is 0 Å². The van der Waals surface area contributed by atoms with Crippen LogP contribution in [0.2, 0.25) is 5.02 Å². The number of carbonyl (C=O) groups is 2. The Morgan fingerprint density at radius 1 is 0.830 bits per heavy atom. The first-order chi connectivity index (χ1) is 22.2. The maximum atomic E-state index is 14.6. The van der Waals surface area contributed by atoms with Crippen molar-refractivity contribution >= 4 is 39.1 Å². The first-order valence-electron chi connectivity index (χ1n) is 15.7. The van der Waals surface area contributed by atoms with Crippen molar-refractivity contribution in [3.05, 3.63) is 130 Å². The van der Waals surface area contributed by atoms with Gasteiger partial charge in [-0.1, -0.05) is 104 Å².